The Balaban J connectivity index is 2.44. The SMILES string of the molecule is C=CCNC(=O)C(C)Sc1cnc(N)s1. The Morgan fingerprint density at radius 3 is 3.20 bits per heavy atom. The van der Waals surface area contributed by atoms with Gasteiger partial charge in [0.25, 0.3) is 0 Å². The fraction of sp³-hybridized carbons (Fsp3) is 0.333. The van der Waals surface area contributed by atoms with Gasteiger partial charge >= 0.3 is 0 Å². The highest BCUT2D eigenvalue weighted by atomic mass is 32.2. The van der Waals surface area contributed by atoms with Gasteiger partial charge in [-0.15, -0.1) is 18.3 Å². The number of rotatable bonds is 5. The molecule has 0 aliphatic carbocycles. The van der Waals surface area contributed by atoms with E-state index in [1.54, 1.807) is 12.3 Å². The number of thiazole rings is 1. The molecule has 0 fully saturated rings. The van der Waals surface area contributed by atoms with Crippen LogP contribution in [0.2, 0.25) is 0 Å². The van der Waals surface area contributed by atoms with Crippen LogP contribution in [0.3, 0.4) is 0 Å². The van der Waals surface area contributed by atoms with E-state index < -0.39 is 0 Å². The van der Waals surface area contributed by atoms with Gasteiger partial charge < -0.3 is 11.1 Å². The fourth-order valence-corrected chi connectivity index (χ4v) is 2.82. The number of nitrogen functional groups attached to an aromatic ring is 1. The largest absolute Gasteiger partial charge is 0.375 e. The summed E-state index contributed by atoms with van der Waals surface area (Å²) < 4.78 is 0.953. The van der Waals surface area contributed by atoms with E-state index >= 15 is 0 Å². The highest BCUT2D eigenvalue weighted by Gasteiger charge is 2.14. The first-order chi connectivity index (χ1) is 7.13. The predicted molar refractivity (Wildman–Crippen MR) is 65.1 cm³/mol. The first kappa shape index (κ1) is 12.1. The summed E-state index contributed by atoms with van der Waals surface area (Å²) >= 11 is 2.84. The van der Waals surface area contributed by atoms with Crippen LogP contribution in [0.4, 0.5) is 5.13 Å². The van der Waals surface area contributed by atoms with Crippen LogP contribution in [0, 0.1) is 0 Å². The Labute approximate surface area is 97.0 Å². The normalized spacial score (nSPS) is 12.1. The molecule has 6 heteroatoms. The Morgan fingerprint density at radius 1 is 1.93 bits per heavy atom. The monoisotopic (exact) mass is 243 g/mol. The number of nitrogens with zero attached hydrogens (tertiary/aromatic N) is 1. The summed E-state index contributed by atoms with van der Waals surface area (Å²) in [6, 6.07) is 0. The van der Waals surface area contributed by atoms with Crippen LogP contribution in [0.5, 0.6) is 0 Å². The van der Waals surface area contributed by atoms with Gasteiger partial charge in [-0.1, -0.05) is 17.4 Å². The summed E-state index contributed by atoms with van der Waals surface area (Å²) in [5, 5.41) is 3.11. The summed E-state index contributed by atoms with van der Waals surface area (Å²) in [6.07, 6.45) is 3.34. The van der Waals surface area contributed by atoms with Gasteiger partial charge in [0, 0.05) is 6.54 Å². The van der Waals surface area contributed by atoms with Gasteiger partial charge in [0.05, 0.1) is 15.7 Å². The Bertz CT molecular complexity index is 351. The number of hydrogen-bond donors (Lipinski definition) is 2. The highest BCUT2D eigenvalue weighted by molar-refractivity contribution is 8.02. The van der Waals surface area contributed by atoms with E-state index in [2.05, 4.69) is 16.9 Å². The lowest BCUT2D eigenvalue weighted by Gasteiger charge is -2.08. The Kier molecular flexibility index (Phi) is 4.64. The second-order valence-electron chi connectivity index (χ2n) is 2.81. The molecular weight excluding hydrogens is 230 g/mol. The fourth-order valence-electron chi connectivity index (χ4n) is 0.871. The lowest BCUT2D eigenvalue weighted by Crippen LogP contribution is -2.30. The zero-order valence-electron chi connectivity index (χ0n) is 8.40. The van der Waals surface area contributed by atoms with E-state index in [9.17, 15) is 4.79 Å². The van der Waals surface area contributed by atoms with Gasteiger partial charge in [0.1, 0.15) is 0 Å². The van der Waals surface area contributed by atoms with Crippen LogP contribution in [0.15, 0.2) is 23.1 Å². The third-order valence-electron chi connectivity index (χ3n) is 1.59. The van der Waals surface area contributed by atoms with Crippen LogP contribution < -0.4 is 11.1 Å². The minimum absolute atomic E-state index is 0.00753. The average molecular weight is 243 g/mol. The van der Waals surface area contributed by atoms with Crippen molar-refractivity contribution in [3.63, 3.8) is 0 Å². The van der Waals surface area contributed by atoms with Crippen molar-refractivity contribution >= 4 is 34.1 Å². The summed E-state index contributed by atoms with van der Waals surface area (Å²) in [7, 11) is 0. The zero-order valence-corrected chi connectivity index (χ0v) is 10.0. The van der Waals surface area contributed by atoms with Crippen LogP contribution in [0.1, 0.15) is 6.92 Å². The van der Waals surface area contributed by atoms with Crippen molar-refractivity contribution in [2.75, 3.05) is 12.3 Å². The van der Waals surface area contributed by atoms with E-state index in [1.807, 2.05) is 6.92 Å². The summed E-state index contributed by atoms with van der Waals surface area (Å²) in [6.45, 7) is 5.87. The van der Waals surface area contributed by atoms with Crippen LogP contribution in [-0.4, -0.2) is 22.7 Å². The van der Waals surface area contributed by atoms with Crippen molar-refractivity contribution < 1.29 is 4.79 Å². The van der Waals surface area contributed by atoms with Gasteiger partial charge in [-0.05, 0) is 6.92 Å². The Hall–Kier alpha value is -1.01. The molecule has 1 amide bonds. The van der Waals surface area contributed by atoms with E-state index in [0.717, 1.165) is 4.21 Å². The minimum Gasteiger partial charge on any atom is -0.375 e. The van der Waals surface area contributed by atoms with E-state index in [4.69, 9.17) is 5.73 Å². The second kappa shape index (κ2) is 5.77. The third kappa shape index (κ3) is 3.93. The van der Waals surface area contributed by atoms with E-state index in [-0.39, 0.29) is 11.2 Å². The first-order valence-electron chi connectivity index (χ1n) is 4.40. The molecule has 1 heterocycles. The first-order valence-corrected chi connectivity index (χ1v) is 6.09. The van der Waals surface area contributed by atoms with Crippen LogP contribution in [-0.2, 0) is 4.79 Å². The molecule has 0 saturated heterocycles. The number of aromatic nitrogens is 1. The number of thioether (sulfide) groups is 1. The van der Waals surface area contributed by atoms with Crippen molar-refractivity contribution in [2.24, 2.45) is 0 Å². The quantitative estimate of drug-likeness (QED) is 0.607. The van der Waals surface area contributed by atoms with Crippen molar-refractivity contribution in [1.82, 2.24) is 10.3 Å². The molecule has 0 aliphatic heterocycles. The lowest BCUT2D eigenvalue weighted by molar-refractivity contribution is -0.120. The van der Waals surface area contributed by atoms with Gasteiger partial charge in [-0.3, -0.25) is 4.79 Å². The topological polar surface area (TPSA) is 68.0 Å². The minimum atomic E-state index is -0.148. The number of carbonyl (C=O) groups is 1. The molecular formula is C9H13N3OS2. The molecule has 0 bridgehead atoms. The third-order valence-corrected chi connectivity index (χ3v) is 3.65. The maximum atomic E-state index is 11.5. The molecule has 1 aromatic rings. The van der Waals surface area contributed by atoms with Crippen LogP contribution in [0.25, 0.3) is 0 Å². The van der Waals surface area contributed by atoms with Crippen molar-refractivity contribution in [3.8, 4) is 0 Å². The van der Waals surface area contributed by atoms with Crippen LogP contribution >= 0.6 is 23.1 Å². The molecule has 0 saturated carbocycles. The maximum Gasteiger partial charge on any atom is 0.233 e. The number of anilines is 1. The average Bonchev–Trinajstić information content (AvgIpc) is 2.60. The highest BCUT2D eigenvalue weighted by Crippen LogP contribution is 2.29. The summed E-state index contributed by atoms with van der Waals surface area (Å²) in [4.78, 5) is 15.4. The van der Waals surface area contributed by atoms with E-state index in [0.29, 0.717) is 11.7 Å². The van der Waals surface area contributed by atoms with Crippen molar-refractivity contribution in [3.05, 3.63) is 18.9 Å². The molecule has 0 aromatic carbocycles. The lowest BCUT2D eigenvalue weighted by atomic mass is 10.4. The molecule has 0 radical (unpaired) electrons. The summed E-state index contributed by atoms with van der Waals surface area (Å²) in [5.41, 5.74) is 5.49. The van der Waals surface area contributed by atoms with Gasteiger partial charge in [-0.2, -0.15) is 0 Å². The number of nitrogens with one attached hydrogen (secondary N) is 1. The second-order valence-corrected chi connectivity index (χ2v) is 5.51. The molecule has 82 valence electrons. The van der Waals surface area contributed by atoms with Gasteiger partial charge in [0.15, 0.2) is 5.13 Å². The molecule has 1 rings (SSSR count). The van der Waals surface area contributed by atoms with Gasteiger partial charge in [-0.25, -0.2) is 4.98 Å². The number of amides is 1. The molecule has 0 spiro atoms. The smallest absolute Gasteiger partial charge is 0.233 e. The number of carbonyl (C=O) groups excluding carboxylic acids is 1. The molecule has 0 aliphatic rings. The van der Waals surface area contributed by atoms with Crippen molar-refractivity contribution in [1.29, 1.82) is 0 Å². The zero-order chi connectivity index (χ0) is 11.3. The van der Waals surface area contributed by atoms with E-state index in [1.165, 1.54) is 23.1 Å². The summed E-state index contributed by atoms with van der Waals surface area (Å²) in [5.74, 6) is -0.00753. The Morgan fingerprint density at radius 2 is 2.67 bits per heavy atom. The van der Waals surface area contributed by atoms with Gasteiger partial charge in [0.2, 0.25) is 5.91 Å². The standard InChI is InChI=1S/C9H13N3OS2/c1-3-4-11-8(13)6(2)14-7-5-12-9(10)15-7/h3,5-6H,1,4H2,2H3,(H2,10,12)(H,11,13). The molecule has 4 nitrogen and oxygen atoms in total. The number of hydrogen-bond acceptors (Lipinski definition) is 5. The molecule has 1 unspecified atom stereocenters. The maximum absolute atomic E-state index is 11.5. The molecule has 15 heavy (non-hydrogen) atoms. The molecule has 1 aromatic heterocycles. The van der Waals surface area contributed by atoms with Crippen molar-refractivity contribution in [2.45, 2.75) is 16.4 Å². The predicted octanol–water partition coefficient (Wildman–Crippen LogP) is 1.51. The molecule has 3 N–H and O–H groups in total. The number of nitrogens with two attached hydrogens (primary N) is 1. The molecule has 1 atom stereocenters.